The van der Waals surface area contributed by atoms with Crippen LogP contribution in [0.1, 0.15) is 25.6 Å². The van der Waals surface area contributed by atoms with Crippen molar-refractivity contribution >= 4 is 33.1 Å². The third kappa shape index (κ3) is 1.71. The Bertz CT molecular complexity index is 619. The summed E-state index contributed by atoms with van der Waals surface area (Å²) >= 11 is 3.36. The zero-order chi connectivity index (χ0) is 12.8. The number of pyridine rings is 1. The molecular formula is C12H12BrN3O2. The van der Waals surface area contributed by atoms with E-state index in [0.717, 1.165) is 22.8 Å². The molecule has 94 valence electrons. The maximum Gasteiger partial charge on any atom is 0.319 e. The lowest BCUT2D eigenvalue weighted by Crippen LogP contribution is -2.24. The van der Waals surface area contributed by atoms with Crippen LogP contribution in [0.2, 0.25) is 0 Å². The highest BCUT2D eigenvalue weighted by Gasteiger charge is 2.55. The minimum atomic E-state index is -0.566. The number of carbonyl (C=O) groups excluding carboxylic acids is 1. The number of fused-ring (bicyclic) bond motifs is 1. The first kappa shape index (κ1) is 11.6. The number of nitrogens with zero attached hydrogens (tertiary/aromatic N) is 2. The summed E-state index contributed by atoms with van der Waals surface area (Å²) in [4.78, 5) is 23.7. The van der Waals surface area contributed by atoms with E-state index in [2.05, 4.69) is 30.9 Å². The number of esters is 1. The van der Waals surface area contributed by atoms with E-state index in [1.54, 1.807) is 6.20 Å². The average Bonchev–Trinajstić information content (AvgIpc) is 3.05. The molecule has 6 heteroatoms. The van der Waals surface area contributed by atoms with Crippen molar-refractivity contribution in [3.05, 3.63) is 22.6 Å². The summed E-state index contributed by atoms with van der Waals surface area (Å²) in [7, 11) is 0. The van der Waals surface area contributed by atoms with Crippen LogP contribution in [0, 0.1) is 0 Å². The van der Waals surface area contributed by atoms with Crippen LogP contribution in [0.15, 0.2) is 16.7 Å². The fraction of sp³-hybridized carbons (Fsp3) is 0.417. The Balaban J connectivity index is 2.02. The topological polar surface area (TPSA) is 67.9 Å². The van der Waals surface area contributed by atoms with Gasteiger partial charge in [0.05, 0.1) is 12.1 Å². The lowest BCUT2D eigenvalue weighted by atomic mass is 10.1. The zero-order valence-corrected chi connectivity index (χ0v) is 11.5. The summed E-state index contributed by atoms with van der Waals surface area (Å²) in [5.74, 6) is 0.477. The van der Waals surface area contributed by atoms with E-state index >= 15 is 0 Å². The van der Waals surface area contributed by atoms with Gasteiger partial charge in [0.25, 0.3) is 0 Å². The predicted molar refractivity (Wildman–Crippen MR) is 69.1 cm³/mol. The van der Waals surface area contributed by atoms with Crippen LogP contribution in [-0.4, -0.2) is 27.5 Å². The van der Waals surface area contributed by atoms with Gasteiger partial charge >= 0.3 is 5.97 Å². The van der Waals surface area contributed by atoms with E-state index in [9.17, 15) is 4.79 Å². The largest absolute Gasteiger partial charge is 0.465 e. The van der Waals surface area contributed by atoms with Crippen molar-refractivity contribution in [2.75, 3.05) is 6.61 Å². The van der Waals surface area contributed by atoms with Crippen LogP contribution in [0.25, 0.3) is 11.2 Å². The lowest BCUT2D eigenvalue weighted by Gasteiger charge is -2.10. The van der Waals surface area contributed by atoms with Gasteiger partial charge in [-0.05, 0) is 41.8 Å². The molecule has 2 aromatic heterocycles. The Morgan fingerprint density at radius 3 is 3.06 bits per heavy atom. The number of halogens is 1. The van der Waals surface area contributed by atoms with Gasteiger partial charge in [-0.15, -0.1) is 0 Å². The van der Waals surface area contributed by atoms with E-state index in [1.807, 2.05) is 13.0 Å². The second kappa shape index (κ2) is 4.05. The molecule has 0 amide bonds. The van der Waals surface area contributed by atoms with E-state index in [-0.39, 0.29) is 5.97 Å². The van der Waals surface area contributed by atoms with Crippen LogP contribution in [0.4, 0.5) is 0 Å². The first-order valence-electron chi connectivity index (χ1n) is 5.85. The Morgan fingerprint density at radius 2 is 2.39 bits per heavy atom. The van der Waals surface area contributed by atoms with Gasteiger partial charge in [-0.1, -0.05) is 0 Å². The van der Waals surface area contributed by atoms with Crippen LogP contribution < -0.4 is 0 Å². The average molecular weight is 310 g/mol. The van der Waals surface area contributed by atoms with E-state index in [4.69, 9.17) is 4.74 Å². The third-order valence-corrected chi connectivity index (χ3v) is 3.61. The molecule has 0 aromatic carbocycles. The number of nitrogens with one attached hydrogen (secondary N) is 1. The molecule has 2 heterocycles. The van der Waals surface area contributed by atoms with E-state index < -0.39 is 5.41 Å². The van der Waals surface area contributed by atoms with Crippen LogP contribution in [0.3, 0.4) is 0 Å². The Labute approximate surface area is 112 Å². The number of hydrogen-bond acceptors (Lipinski definition) is 4. The summed E-state index contributed by atoms with van der Waals surface area (Å²) in [6.45, 7) is 2.20. The van der Waals surface area contributed by atoms with Crippen molar-refractivity contribution in [2.24, 2.45) is 0 Å². The monoisotopic (exact) mass is 309 g/mol. The molecule has 1 fully saturated rings. The van der Waals surface area contributed by atoms with Gasteiger partial charge in [0.15, 0.2) is 5.65 Å². The summed E-state index contributed by atoms with van der Waals surface area (Å²) in [5, 5.41) is 0. The van der Waals surface area contributed by atoms with Gasteiger partial charge < -0.3 is 9.72 Å². The number of imidazole rings is 1. The molecular weight excluding hydrogens is 298 g/mol. The van der Waals surface area contributed by atoms with Crippen molar-refractivity contribution in [2.45, 2.75) is 25.2 Å². The van der Waals surface area contributed by atoms with Crippen molar-refractivity contribution in [3.8, 4) is 0 Å². The van der Waals surface area contributed by atoms with Crippen LogP contribution >= 0.6 is 15.9 Å². The molecule has 0 bridgehead atoms. The molecule has 2 aromatic rings. The highest BCUT2D eigenvalue weighted by atomic mass is 79.9. The van der Waals surface area contributed by atoms with Crippen LogP contribution in [0.5, 0.6) is 0 Å². The molecule has 0 spiro atoms. The van der Waals surface area contributed by atoms with E-state index in [1.165, 1.54) is 0 Å². The van der Waals surface area contributed by atoms with Crippen molar-refractivity contribution in [1.82, 2.24) is 15.0 Å². The highest BCUT2D eigenvalue weighted by molar-refractivity contribution is 9.10. The summed E-state index contributed by atoms with van der Waals surface area (Å²) in [6, 6.07) is 1.90. The minimum Gasteiger partial charge on any atom is -0.465 e. The molecule has 18 heavy (non-hydrogen) atoms. The first-order valence-corrected chi connectivity index (χ1v) is 6.64. The van der Waals surface area contributed by atoms with Gasteiger partial charge in [-0.3, -0.25) is 4.79 Å². The third-order valence-electron chi connectivity index (χ3n) is 3.17. The predicted octanol–water partition coefficient (Wildman–Crippen LogP) is 2.32. The quantitative estimate of drug-likeness (QED) is 0.883. The fourth-order valence-corrected chi connectivity index (χ4v) is 2.36. The fourth-order valence-electron chi connectivity index (χ4n) is 2.03. The van der Waals surface area contributed by atoms with Crippen LogP contribution in [-0.2, 0) is 14.9 Å². The Kier molecular flexibility index (Phi) is 2.62. The molecule has 0 radical (unpaired) electrons. The molecule has 0 aliphatic heterocycles. The molecule has 1 N–H and O–H groups in total. The number of aromatic amines is 1. The summed E-state index contributed by atoms with van der Waals surface area (Å²) < 4.78 is 6.00. The normalized spacial score (nSPS) is 16.8. The van der Waals surface area contributed by atoms with Crippen molar-refractivity contribution in [3.63, 3.8) is 0 Å². The highest BCUT2D eigenvalue weighted by Crippen LogP contribution is 2.48. The second-order valence-electron chi connectivity index (χ2n) is 4.41. The molecule has 3 rings (SSSR count). The molecule has 0 unspecified atom stereocenters. The van der Waals surface area contributed by atoms with Gasteiger partial charge in [-0.25, -0.2) is 9.97 Å². The number of ether oxygens (including phenoxy) is 1. The number of carbonyl (C=O) groups is 1. The van der Waals surface area contributed by atoms with Gasteiger partial charge in [0, 0.05) is 10.7 Å². The number of H-pyrrole nitrogens is 1. The SMILES string of the molecule is CCOC(=O)C1(c2nc3ncc(Br)cc3[nH]2)CC1. The first-order chi connectivity index (χ1) is 8.65. The maximum atomic E-state index is 12.0. The lowest BCUT2D eigenvalue weighted by molar-refractivity contribution is -0.146. The molecule has 1 saturated carbocycles. The summed E-state index contributed by atoms with van der Waals surface area (Å²) in [6.07, 6.45) is 3.26. The number of aromatic nitrogens is 3. The molecule has 0 saturated heterocycles. The molecule has 1 aliphatic carbocycles. The van der Waals surface area contributed by atoms with Crippen molar-refractivity contribution in [1.29, 1.82) is 0 Å². The molecule has 0 atom stereocenters. The summed E-state index contributed by atoms with van der Waals surface area (Å²) in [5.41, 5.74) is 0.891. The Hall–Kier alpha value is -1.43. The number of hydrogen-bond donors (Lipinski definition) is 1. The van der Waals surface area contributed by atoms with E-state index in [0.29, 0.717) is 18.1 Å². The van der Waals surface area contributed by atoms with Crippen molar-refractivity contribution < 1.29 is 9.53 Å². The maximum absolute atomic E-state index is 12.0. The minimum absolute atomic E-state index is 0.192. The smallest absolute Gasteiger partial charge is 0.319 e. The Morgan fingerprint density at radius 1 is 1.61 bits per heavy atom. The zero-order valence-electron chi connectivity index (χ0n) is 9.86. The molecule has 1 aliphatic rings. The van der Waals surface area contributed by atoms with Gasteiger partial charge in [0.2, 0.25) is 0 Å². The number of rotatable bonds is 3. The molecule has 5 nitrogen and oxygen atoms in total. The van der Waals surface area contributed by atoms with Gasteiger partial charge in [0.1, 0.15) is 11.2 Å². The van der Waals surface area contributed by atoms with Gasteiger partial charge in [-0.2, -0.15) is 0 Å². The second-order valence-corrected chi connectivity index (χ2v) is 5.33. The standard InChI is InChI=1S/C12H12BrN3O2/c1-2-18-11(17)12(3-4-12)10-15-8-5-7(13)6-14-9(8)16-10/h5-6H,2-4H2,1H3,(H,14,15,16).